The highest BCUT2D eigenvalue weighted by Crippen LogP contribution is 2.38. The van der Waals surface area contributed by atoms with Crippen molar-refractivity contribution in [1.29, 1.82) is 0 Å². The van der Waals surface area contributed by atoms with Crippen LogP contribution < -0.4 is 0 Å². The topological polar surface area (TPSA) is 78.9 Å². The lowest BCUT2D eigenvalue weighted by Gasteiger charge is -2.33. The van der Waals surface area contributed by atoms with Crippen LogP contribution in [0.25, 0.3) is 0 Å². The molecule has 0 aliphatic rings. The van der Waals surface area contributed by atoms with Gasteiger partial charge in [-0.1, -0.05) is 26.8 Å². The zero-order valence-corrected chi connectivity index (χ0v) is 16.2. The molecule has 0 radical (unpaired) electrons. The molecule has 0 saturated carbocycles. The first-order valence-electron chi connectivity index (χ1n) is 8.76. The molecule has 1 unspecified atom stereocenters. The second-order valence-corrected chi connectivity index (χ2v) is 6.97. The molecule has 25 heavy (non-hydrogen) atoms. The van der Waals surface area contributed by atoms with Gasteiger partial charge in [0.15, 0.2) is 0 Å². The molecule has 0 aromatic carbocycles. The summed E-state index contributed by atoms with van der Waals surface area (Å²) in [6, 6.07) is 0. The van der Waals surface area contributed by atoms with Crippen molar-refractivity contribution in [1.82, 2.24) is 0 Å². The molecule has 0 saturated heterocycles. The van der Waals surface area contributed by atoms with E-state index in [1.165, 1.54) is 0 Å². The number of rotatable bonds is 12. The van der Waals surface area contributed by atoms with Gasteiger partial charge in [0.25, 0.3) is 0 Å². The lowest BCUT2D eigenvalue weighted by atomic mass is 9.72. The molecule has 0 amide bonds. The zero-order valence-electron chi connectivity index (χ0n) is 16.2. The second-order valence-electron chi connectivity index (χ2n) is 6.97. The largest absolute Gasteiger partial charge is 0.465 e. The van der Waals surface area contributed by atoms with Crippen LogP contribution in [0.2, 0.25) is 0 Å². The van der Waals surface area contributed by atoms with Gasteiger partial charge < -0.3 is 14.2 Å². The quantitative estimate of drug-likeness (QED) is 0.231. The summed E-state index contributed by atoms with van der Waals surface area (Å²) in [5.41, 5.74) is -1.62. The number of hydrogen-bond donors (Lipinski definition) is 0. The fraction of sp³-hybridized carbons (Fsp3) is 0.737. The van der Waals surface area contributed by atoms with Crippen molar-refractivity contribution in [3.63, 3.8) is 0 Å². The van der Waals surface area contributed by atoms with Crippen LogP contribution in [0.15, 0.2) is 12.7 Å². The maximum Gasteiger partial charge on any atom is 0.330 e. The third-order valence-electron chi connectivity index (χ3n) is 4.12. The highest BCUT2D eigenvalue weighted by atomic mass is 16.6. The molecule has 6 heteroatoms. The molecule has 144 valence electrons. The number of esters is 3. The van der Waals surface area contributed by atoms with E-state index < -0.39 is 22.8 Å². The van der Waals surface area contributed by atoms with E-state index in [0.29, 0.717) is 19.4 Å². The molecule has 0 aliphatic carbocycles. The Morgan fingerprint density at radius 3 is 2.00 bits per heavy atom. The maximum absolute atomic E-state index is 12.4. The lowest BCUT2D eigenvalue weighted by Crippen LogP contribution is -2.39. The Morgan fingerprint density at radius 1 is 0.920 bits per heavy atom. The van der Waals surface area contributed by atoms with Crippen LogP contribution in [-0.4, -0.2) is 37.7 Å². The first-order valence-corrected chi connectivity index (χ1v) is 8.76. The van der Waals surface area contributed by atoms with Crippen molar-refractivity contribution >= 4 is 17.9 Å². The molecular weight excluding hydrogens is 324 g/mol. The Hall–Kier alpha value is -1.85. The van der Waals surface area contributed by atoms with Crippen LogP contribution in [0.1, 0.15) is 60.3 Å². The van der Waals surface area contributed by atoms with Crippen LogP contribution in [0.4, 0.5) is 0 Å². The van der Waals surface area contributed by atoms with Gasteiger partial charge in [0.05, 0.1) is 17.4 Å². The zero-order chi connectivity index (χ0) is 19.5. The van der Waals surface area contributed by atoms with Crippen LogP contribution in [-0.2, 0) is 28.6 Å². The van der Waals surface area contributed by atoms with Crippen molar-refractivity contribution in [2.24, 2.45) is 10.8 Å². The molecule has 1 atom stereocenters. The van der Waals surface area contributed by atoms with Crippen molar-refractivity contribution in [2.75, 3.05) is 19.8 Å². The summed E-state index contributed by atoms with van der Waals surface area (Å²) in [4.78, 5) is 35.6. The van der Waals surface area contributed by atoms with Crippen LogP contribution in [0.3, 0.4) is 0 Å². The first-order chi connectivity index (χ1) is 11.6. The second kappa shape index (κ2) is 10.9. The normalized spacial score (nSPS) is 13.5. The van der Waals surface area contributed by atoms with Gasteiger partial charge in [-0.05, 0) is 40.0 Å². The van der Waals surface area contributed by atoms with Crippen LogP contribution in [0, 0.1) is 10.8 Å². The summed E-state index contributed by atoms with van der Waals surface area (Å²) < 4.78 is 15.3. The molecule has 0 aromatic heterocycles. The molecule has 0 spiro atoms. The van der Waals surface area contributed by atoms with E-state index in [0.717, 1.165) is 18.9 Å². The monoisotopic (exact) mass is 356 g/mol. The van der Waals surface area contributed by atoms with Crippen molar-refractivity contribution < 1.29 is 28.6 Å². The molecule has 6 nitrogen and oxygen atoms in total. The highest BCUT2D eigenvalue weighted by molar-refractivity contribution is 5.81. The Kier molecular flexibility index (Phi) is 10.1. The van der Waals surface area contributed by atoms with E-state index in [1.807, 2.05) is 20.8 Å². The minimum Gasteiger partial charge on any atom is -0.465 e. The standard InChI is InChI=1S/C19H32O6/c1-7-10-11-24-17(22)19(6,9-3)14-18(4,5)16(21)25-13-12-23-15(20)8-2/h8H,2,7,9-14H2,1,3-6H3. The van der Waals surface area contributed by atoms with Crippen LogP contribution in [0.5, 0.6) is 0 Å². The third kappa shape index (κ3) is 8.18. The van der Waals surface area contributed by atoms with Gasteiger partial charge in [0.2, 0.25) is 0 Å². The Bertz CT molecular complexity index is 469. The van der Waals surface area contributed by atoms with Gasteiger partial charge in [0, 0.05) is 6.08 Å². The van der Waals surface area contributed by atoms with E-state index in [-0.39, 0.29) is 19.2 Å². The summed E-state index contributed by atoms with van der Waals surface area (Å²) in [6.45, 7) is 12.8. The van der Waals surface area contributed by atoms with E-state index in [9.17, 15) is 14.4 Å². The summed E-state index contributed by atoms with van der Waals surface area (Å²) in [7, 11) is 0. The van der Waals surface area contributed by atoms with E-state index in [2.05, 4.69) is 6.58 Å². The number of carbonyl (C=O) groups is 3. The molecule has 0 fully saturated rings. The number of hydrogen-bond acceptors (Lipinski definition) is 6. The van der Waals surface area contributed by atoms with Crippen molar-refractivity contribution in [3.8, 4) is 0 Å². The third-order valence-corrected chi connectivity index (χ3v) is 4.12. The van der Waals surface area contributed by atoms with Crippen molar-refractivity contribution in [3.05, 3.63) is 12.7 Å². The van der Waals surface area contributed by atoms with E-state index >= 15 is 0 Å². The minimum absolute atomic E-state index is 0.0310. The van der Waals surface area contributed by atoms with Gasteiger partial charge in [-0.15, -0.1) is 0 Å². The smallest absolute Gasteiger partial charge is 0.330 e. The lowest BCUT2D eigenvalue weighted by molar-refractivity contribution is -0.165. The molecule has 0 aliphatic heterocycles. The highest BCUT2D eigenvalue weighted by Gasteiger charge is 2.42. The van der Waals surface area contributed by atoms with Gasteiger partial charge in [-0.25, -0.2) is 4.79 Å². The predicted molar refractivity (Wildman–Crippen MR) is 94.8 cm³/mol. The summed E-state index contributed by atoms with van der Waals surface area (Å²) in [5.74, 6) is -1.30. The number of carbonyl (C=O) groups excluding carboxylic acids is 3. The Morgan fingerprint density at radius 2 is 1.48 bits per heavy atom. The van der Waals surface area contributed by atoms with E-state index in [4.69, 9.17) is 14.2 Å². The minimum atomic E-state index is -0.864. The summed E-state index contributed by atoms with van der Waals surface area (Å²) in [5, 5.41) is 0. The molecule has 0 N–H and O–H groups in total. The number of unbranched alkanes of at least 4 members (excludes halogenated alkanes) is 1. The Balaban J connectivity index is 4.65. The number of ether oxygens (including phenoxy) is 3. The first kappa shape index (κ1) is 23.1. The van der Waals surface area contributed by atoms with Gasteiger partial charge in [-0.3, -0.25) is 9.59 Å². The molecule has 0 aromatic rings. The van der Waals surface area contributed by atoms with Crippen molar-refractivity contribution in [2.45, 2.75) is 60.3 Å². The predicted octanol–water partition coefficient (Wildman–Crippen LogP) is 3.43. The molecular formula is C19H32O6. The SMILES string of the molecule is C=CC(=O)OCCOC(=O)C(C)(C)CC(C)(CC)C(=O)OCCCC. The fourth-order valence-corrected chi connectivity index (χ4v) is 2.40. The van der Waals surface area contributed by atoms with Gasteiger partial charge >= 0.3 is 17.9 Å². The van der Waals surface area contributed by atoms with Gasteiger partial charge in [-0.2, -0.15) is 0 Å². The Labute approximate surface area is 150 Å². The fourth-order valence-electron chi connectivity index (χ4n) is 2.40. The molecule has 0 rings (SSSR count). The summed E-state index contributed by atoms with van der Waals surface area (Å²) in [6.07, 6.45) is 3.69. The summed E-state index contributed by atoms with van der Waals surface area (Å²) >= 11 is 0. The molecule has 0 bridgehead atoms. The van der Waals surface area contributed by atoms with Crippen LogP contribution >= 0.6 is 0 Å². The molecule has 0 heterocycles. The average Bonchev–Trinajstić information content (AvgIpc) is 2.57. The average molecular weight is 356 g/mol. The maximum atomic E-state index is 12.4. The van der Waals surface area contributed by atoms with E-state index in [1.54, 1.807) is 13.8 Å². The van der Waals surface area contributed by atoms with Gasteiger partial charge in [0.1, 0.15) is 13.2 Å².